The Hall–Kier alpha value is -1.70. The van der Waals surface area contributed by atoms with Gasteiger partial charge in [0.05, 0.1) is 10.9 Å². The number of hydrogen-bond acceptors (Lipinski definition) is 4. The number of anilines is 1. The number of rotatable bonds is 4. The molecule has 0 radical (unpaired) electrons. The molecule has 0 bridgehead atoms. The van der Waals surface area contributed by atoms with Crippen molar-refractivity contribution in [1.82, 2.24) is 4.72 Å². The molecule has 1 aliphatic heterocycles. The monoisotopic (exact) mass is 392 g/mol. The normalized spacial score (nSPS) is 15.8. The molecule has 1 aromatic carbocycles. The fourth-order valence-electron chi connectivity index (χ4n) is 3.21. The Labute approximate surface area is 159 Å². The number of carbonyl (C=O) groups is 1. The highest BCUT2D eigenvalue weighted by Gasteiger charge is 2.32. The summed E-state index contributed by atoms with van der Waals surface area (Å²) in [5.74, 6) is -0.0250. The summed E-state index contributed by atoms with van der Waals surface area (Å²) in [5.41, 5.74) is 1.44. The highest BCUT2D eigenvalue weighted by molar-refractivity contribution is 7.89. The molecule has 2 heterocycles. The van der Waals surface area contributed by atoms with E-state index in [0.717, 1.165) is 16.1 Å². The molecule has 1 N–H and O–H groups in total. The zero-order valence-electron chi connectivity index (χ0n) is 15.4. The van der Waals surface area contributed by atoms with E-state index in [-0.39, 0.29) is 22.3 Å². The standard InChI is InChI=1S/C19H24N2O3S2/c1-13(22)21-10-9-14-12-15(7-8-16(14)21)26(23,24)20-18(19(2,3)4)17-6-5-11-25-17/h5-8,11-12,18,20H,9-10H2,1-4H3. The van der Waals surface area contributed by atoms with Crippen molar-refractivity contribution >= 4 is 33.0 Å². The predicted octanol–water partition coefficient (Wildman–Crippen LogP) is 3.72. The Balaban J connectivity index is 1.92. The molecule has 1 amide bonds. The van der Waals surface area contributed by atoms with Gasteiger partial charge in [0.25, 0.3) is 0 Å². The number of sulfonamides is 1. The number of hydrogen-bond donors (Lipinski definition) is 1. The molecule has 0 saturated heterocycles. The van der Waals surface area contributed by atoms with Crippen LogP contribution in [0.2, 0.25) is 0 Å². The van der Waals surface area contributed by atoms with Crippen molar-refractivity contribution in [2.24, 2.45) is 5.41 Å². The van der Waals surface area contributed by atoms with Gasteiger partial charge < -0.3 is 4.90 Å². The summed E-state index contributed by atoms with van der Waals surface area (Å²) in [7, 11) is -3.67. The summed E-state index contributed by atoms with van der Waals surface area (Å²) >= 11 is 1.55. The van der Waals surface area contributed by atoms with Crippen LogP contribution in [0.15, 0.2) is 40.6 Å². The van der Waals surface area contributed by atoms with Crippen LogP contribution in [-0.2, 0) is 21.2 Å². The molecule has 26 heavy (non-hydrogen) atoms. The molecule has 0 spiro atoms. The highest BCUT2D eigenvalue weighted by atomic mass is 32.2. The second-order valence-electron chi connectivity index (χ2n) is 7.65. The van der Waals surface area contributed by atoms with Crippen molar-refractivity contribution < 1.29 is 13.2 Å². The predicted molar refractivity (Wildman–Crippen MR) is 105 cm³/mol. The molecule has 1 atom stereocenters. The van der Waals surface area contributed by atoms with Gasteiger partial charge in [-0.2, -0.15) is 0 Å². The topological polar surface area (TPSA) is 66.5 Å². The number of thiophene rings is 1. The molecule has 5 nitrogen and oxygen atoms in total. The number of fused-ring (bicyclic) bond motifs is 1. The number of benzene rings is 1. The van der Waals surface area contributed by atoms with Crippen LogP contribution in [0.25, 0.3) is 0 Å². The second-order valence-corrected chi connectivity index (χ2v) is 10.3. The Morgan fingerprint density at radius 2 is 2.00 bits per heavy atom. The first-order valence-electron chi connectivity index (χ1n) is 8.56. The SMILES string of the molecule is CC(=O)N1CCc2cc(S(=O)(=O)NC(c3cccs3)C(C)(C)C)ccc21. The van der Waals surface area contributed by atoms with Crippen LogP contribution in [0.1, 0.15) is 44.2 Å². The lowest BCUT2D eigenvalue weighted by Gasteiger charge is -2.30. The molecule has 1 unspecified atom stereocenters. The van der Waals surface area contributed by atoms with Gasteiger partial charge in [-0.1, -0.05) is 26.8 Å². The van der Waals surface area contributed by atoms with Gasteiger partial charge >= 0.3 is 0 Å². The van der Waals surface area contributed by atoms with Crippen LogP contribution in [0.3, 0.4) is 0 Å². The average Bonchev–Trinajstić information content (AvgIpc) is 3.20. The molecule has 0 fully saturated rings. The van der Waals surface area contributed by atoms with Gasteiger partial charge in [0.15, 0.2) is 0 Å². The summed E-state index contributed by atoms with van der Waals surface area (Å²) in [5, 5.41) is 1.95. The van der Waals surface area contributed by atoms with Crippen molar-refractivity contribution in [3.8, 4) is 0 Å². The van der Waals surface area contributed by atoms with E-state index in [0.29, 0.717) is 13.0 Å². The van der Waals surface area contributed by atoms with Crippen molar-refractivity contribution in [1.29, 1.82) is 0 Å². The fraction of sp³-hybridized carbons (Fsp3) is 0.421. The maximum atomic E-state index is 13.0. The zero-order valence-corrected chi connectivity index (χ0v) is 17.1. The smallest absolute Gasteiger partial charge is 0.241 e. The minimum absolute atomic E-state index is 0.0250. The van der Waals surface area contributed by atoms with E-state index in [9.17, 15) is 13.2 Å². The van der Waals surface area contributed by atoms with Crippen LogP contribution in [0, 0.1) is 5.41 Å². The molecule has 1 aliphatic rings. The van der Waals surface area contributed by atoms with Crippen LogP contribution in [0.4, 0.5) is 5.69 Å². The first-order chi connectivity index (χ1) is 12.1. The largest absolute Gasteiger partial charge is 0.312 e. The fourth-order valence-corrected chi connectivity index (χ4v) is 5.78. The average molecular weight is 393 g/mol. The van der Waals surface area contributed by atoms with Gasteiger partial charge in [-0.25, -0.2) is 13.1 Å². The van der Waals surface area contributed by atoms with Crippen LogP contribution in [0.5, 0.6) is 0 Å². The summed E-state index contributed by atoms with van der Waals surface area (Å²) < 4.78 is 28.9. The minimum Gasteiger partial charge on any atom is -0.312 e. The van der Waals surface area contributed by atoms with Gasteiger partial charge in [0.2, 0.25) is 15.9 Å². The lowest BCUT2D eigenvalue weighted by atomic mass is 9.86. The van der Waals surface area contributed by atoms with Crippen LogP contribution < -0.4 is 9.62 Å². The van der Waals surface area contributed by atoms with E-state index >= 15 is 0 Å². The van der Waals surface area contributed by atoms with Gasteiger partial charge in [-0.05, 0) is 47.0 Å². The minimum atomic E-state index is -3.67. The maximum absolute atomic E-state index is 13.0. The number of nitrogens with one attached hydrogen (secondary N) is 1. The van der Waals surface area contributed by atoms with Crippen molar-refractivity contribution in [2.45, 2.75) is 45.1 Å². The summed E-state index contributed by atoms with van der Waals surface area (Å²) in [4.78, 5) is 14.6. The molecule has 0 aliphatic carbocycles. The van der Waals surface area contributed by atoms with Crippen LogP contribution in [-0.4, -0.2) is 20.9 Å². The van der Waals surface area contributed by atoms with E-state index in [4.69, 9.17) is 0 Å². The lowest BCUT2D eigenvalue weighted by molar-refractivity contribution is -0.116. The molecular weight excluding hydrogens is 368 g/mol. The molecule has 1 aromatic heterocycles. The Kier molecular flexibility index (Phi) is 4.98. The first-order valence-corrected chi connectivity index (χ1v) is 10.9. The van der Waals surface area contributed by atoms with E-state index in [2.05, 4.69) is 4.72 Å². The molecule has 140 valence electrons. The van der Waals surface area contributed by atoms with E-state index in [1.54, 1.807) is 34.4 Å². The van der Waals surface area contributed by atoms with Gasteiger partial charge in [0.1, 0.15) is 0 Å². The van der Waals surface area contributed by atoms with E-state index < -0.39 is 10.0 Å². The summed E-state index contributed by atoms with van der Waals surface area (Å²) in [6, 6.07) is 8.57. The Morgan fingerprint density at radius 3 is 2.58 bits per heavy atom. The van der Waals surface area contributed by atoms with Crippen molar-refractivity contribution in [2.75, 3.05) is 11.4 Å². The summed E-state index contributed by atoms with van der Waals surface area (Å²) in [6.45, 7) is 8.19. The van der Waals surface area contributed by atoms with Gasteiger partial charge in [0, 0.05) is 24.0 Å². The summed E-state index contributed by atoms with van der Waals surface area (Å²) in [6.07, 6.45) is 0.673. The number of amides is 1. The molecule has 2 aromatic rings. The molecule has 7 heteroatoms. The van der Waals surface area contributed by atoms with Gasteiger partial charge in [-0.15, -0.1) is 11.3 Å². The quantitative estimate of drug-likeness (QED) is 0.862. The van der Waals surface area contributed by atoms with E-state index in [1.165, 1.54) is 6.92 Å². The van der Waals surface area contributed by atoms with Crippen molar-refractivity contribution in [3.63, 3.8) is 0 Å². The third-order valence-electron chi connectivity index (χ3n) is 4.60. The second kappa shape index (κ2) is 6.79. The molecular formula is C19H24N2O3S2. The van der Waals surface area contributed by atoms with Crippen LogP contribution >= 0.6 is 11.3 Å². The molecule has 0 saturated carbocycles. The molecule has 3 rings (SSSR count). The van der Waals surface area contributed by atoms with Gasteiger partial charge in [-0.3, -0.25) is 4.79 Å². The van der Waals surface area contributed by atoms with E-state index in [1.807, 2.05) is 38.3 Å². The lowest BCUT2D eigenvalue weighted by Crippen LogP contribution is -2.36. The Morgan fingerprint density at radius 1 is 1.27 bits per heavy atom. The third kappa shape index (κ3) is 3.70. The Bertz CT molecular complexity index is 913. The maximum Gasteiger partial charge on any atom is 0.241 e. The highest BCUT2D eigenvalue weighted by Crippen LogP contribution is 2.37. The first kappa shape index (κ1) is 19.1. The third-order valence-corrected chi connectivity index (χ3v) is 6.96. The number of carbonyl (C=O) groups excluding carboxylic acids is 1. The van der Waals surface area contributed by atoms with Crippen molar-refractivity contribution in [3.05, 3.63) is 46.2 Å². The zero-order chi connectivity index (χ0) is 19.1. The number of nitrogens with zero attached hydrogens (tertiary/aromatic N) is 1.